The van der Waals surface area contributed by atoms with Gasteiger partial charge in [-0.1, -0.05) is 4.48 Å². The number of aliphatic carboxylic acids is 1. The van der Waals surface area contributed by atoms with Crippen molar-refractivity contribution >= 4 is 11.7 Å². The lowest BCUT2D eigenvalue weighted by Gasteiger charge is -2.17. The number of carboxylic acid groups (broad SMARTS) is 1. The van der Waals surface area contributed by atoms with Gasteiger partial charge in [0.05, 0.1) is 11.3 Å². The number of halogens is 3. The molecule has 0 aliphatic carbocycles. The van der Waals surface area contributed by atoms with E-state index in [1.54, 1.807) is 0 Å². The van der Waals surface area contributed by atoms with Crippen molar-refractivity contribution in [3.05, 3.63) is 29.3 Å². The van der Waals surface area contributed by atoms with E-state index in [9.17, 15) is 23.2 Å². The predicted molar refractivity (Wildman–Crippen MR) is 44.6 cm³/mol. The van der Waals surface area contributed by atoms with Gasteiger partial charge in [0.2, 0.25) is 0 Å². The van der Waals surface area contributed by atoms with Crippen LogP contribution in [0.1, 0.15) is 5.56 Å². The molecule has 1 aliphatic rings. The van der Waals surface area contributed by atoms with Gasteiger partial charge in [0.1, 0.15) is 0 Å². The van der Waals surface area contributed by atoms with Crippen molar-refractivity contribution in [2.24, 2.45) is 0 Å². The number of hydrogen-bond acceptors (Lipinski definition) is 4. The molecule has 5 nitrogen and oxygen atoms in total. The van der Waals surface area contributed by atoms with Crippen molar-refractivity contribution in [3.63, 3.8) is 0 Å². The van der Waals surface area contributed by atoms with E-state index >= 15 is 0 Å². The Morgan fingerprint density at radius 2 is 2.06 bits per heavy atom. The molecule has 1 atom stereocenters. The molecule has 8 heteroatoms. The first-order valence-electron chi connectivity index (χ1n) is 4.06. The van der Waals surface area contributed by atoms with Gasteiger partial charge in [-0.05, 0) is 12.1 Å². The molecule has 3 N–H and O–H groups in total. The number of rotatable bonds is 1. The quantitative estimate of drug-likeness (QED) is 0.613. The van der Waals surface area contributed by atoms with Crippen LogP contribution in [0.3, 0.4) is 0 Å². The molecule has 0 amide bonds. The first kappa shape index (κ1) is 10.7. The number of carbonyl (C=O) groups is 1. The van der Waals surface area contributed by atoms with Crippen molar-refractivity contribution in [1.82, 2.24) is 5.43 Å². The minimum absolute atomic E-state index is 0.383. The number of nitrogens with zero attached hydrogens (tertiary/aromatic N) is 1. The van der Waals surface area contributed by atoms with Gasteiger partial charge < -0.3 is 10.2 Å². The fourth-order valence-electron chi connectivity index (χ4n) is 1.46. The zero-order valence-electron chi connectivity index (χ0n) is 7.54. The second kappa shape index (κ2) is 3.09. The van der Waals surface area contributed by atoms with E-state index in [0.29, 0.717) is 6.07 Å². The summed E-state index contributed by atoms with van der Waals surface area (Å²) in [6.07, 6.45) is 0. The summed E-state index contributed by atoms with van der Waals surface area (Å²) < 4.78 is 39.3. The van der Waals surface area contributed by atoms with Gasteiger partial charge in [-0.15, -0.1) is 5.23 Å². The van der Waals surface area contributed by atoms with Crippen molar-refractivity contribution in [3.8, 4) is 0 Å². The smallest absolute Gasteiger partial charge is 0.358 e. The average molecular weight is 234 g/mol. The Bertz CT molecular complexity index is 482. The number of nitrogens with one attached hydrogen (secondary N) is 1. The second-order valence-corrected chi connectivity index (χ2v) is 3.16. The van der Waals surface area contributed by atoms with Gasteiger partial charge >= 0.3 is 5.97 Å². The Balaban J connectivity index is 2.73. The van der Waals surface area contributed by atoms with E-state index in [1.165, 1.54) is 5.43 Å². The number of aliphatic hydroxyl groups is 1. The molecule has 0 aromatic heterocycles. The fourth-order valence-corrected chi connectivity index (χ4v) is 1.46. The predicted octanol–water partition coefficient (Wildman–Crippen LogP) is 0.404. The SMILES string of the molecule is O=C(O)C1(O)NN(F)c2ccc(F)c(F)c21. The van der Waals surface area contributed by atoms with E-state index in [4.69, 9.17) is 5.11 Å². The molecule has 2 rings (SSSR count). The van der Waals surface area contributed by atoms with Crippen LogP contribution in [0.15, 0.2) is 12.1 Å². The third kappa shape index (κ3) is 1.17. The minimum Gasteiger partial charge on any atom is -0.478 e. The molecule has 0 radical (unpaired) electrons. The average Bonchev–Trinajstić information content (AvgIpc) is 2.46. The Kier molecular flexibility index (Phi) is 2.07. The lowest BCUT2D eigenvalue weighted by Crippen LogP contribution is -2.49. The lowest BCUT2D eigenvalue weighted by atomic mass is 10.0. The van der Waals surface area contributed by atoms with Crippen LogP contribution < -0.4 is 10.7 Å². The van der Waals surface area contributed by atoms with Gasteiger partial charge in [-0.3, -0.25) is 0 Å². The van der Waals surface area contributed by atoms with Gasteiger partial charge in [0, 0.05) is 0 Å². The normalized spacial score (nSPS) is 23.4. The molecule has 16 heavy (non-hydrogen) atoms. The summed E-state index contributed by atoms with van der Waals surface area (Å²) in [4.78, 5) is 10.7. The summed E-state index contributed by atoms with van der Waals surface area (Å²) in [6, 6.07) is 1.43. The van der Waals surface area contributed by atoms with Crippen LogP contribution in [0, 0.1) is 11.6 Å². The third-order valence-electron chi connectivity index (χ3n) is 2.22. The molecule has 0 fully saturated rings. The summed E-state index contributed by atoms with van der Waals surface area (Å²) in [7, 11) is 0. The summed E-state index contributed by atoms with van der Waals surface area (Å²) in [6.45, 7) is 0. The molecule has 1 aliphatic heterocycles. The fraction of sp³-hybridized carbons (Fsp3) is 0.125. The zero-order chi connectivity index (χ0) is 12.1. The molecular weight excluding hydrogens is 229 g/mol. The Morgan fingerprint density at radius 3 is 2.62 bits per heavy atom. The maximum Gasteiger partial charge on any atom is 0.358 e. The first-order valence-corrected chi connectivity index (χ1v) is 4.06. The molecule has 0 spiro atoms. The molecule has 1 aromatic carbocycles. The molecule has 0 saturated carbocycles. The number of anilines is 1. The Hall–Kier alpha value is -1.80. The minimum atomic E-state index is -3.02. The second-order valence-electron chi connectivity index (χ2n) is 3.16. The molecule has 1 heterocycles. The van der Waals surface area contributed by atoms with Gasteiger partial charge in [-0.25, -0.2) is 13.6 Å². The number of benzene rings is 1. The van der Waals surface area contributed by atoms with Crippen LogP contribution in [0.4, 0.5) is 18.9 Å². The highest BCUT2D eigenvalue weighted by Gasteiger charge is 2.51. The lowest BCUT2D eigenvalue weighted by molar-refractivity contribution is -0.164. The summed E-state index contributed by atoms with van der Waals surface area (Å²) in [5, 5.41) is 17.8. The van der Waals surface area contributed by atoms with E-state index in [1.807, 2.05) is 0 Å². The Labute approximate surface area is 86.6 Å². The maximum atomic E-state index is 13.3. The number of hydrogen-bond donors (Lipinski definition) is 3. The van der Waals surface area contributed by atoms with Crippen molar-refractivity contribution in [2.75, 3.05) is 5.23 Å². The molecule has 1 aromatic rings. The van der Waals surface area contributed by atoms with Crippen LogP contribution in [0.5, 0.6) is 0 Å². The summed E-state index contributed by atoms with van der Waals surface area (Å²) in [5.74, 6) is -4.94. The monoisotopic (exact) mass is 234 g/mol. The van der Waals surface area contributed by atoms with Crippen LogP contribution >= 0.6 is 0 Å². The zero-order valence-corrected chi connectivity index (χ0v) is 7.54. The highest BCUT2D eigenvalue weighted by Crippen LogP contribution is 2.38. The first-order chi connectivity index (χ1) is 7.38. The van der Waals surface area contributed by atoms with E-state index in [-0.39, 0.29) is 5.23 Å². The van der Waals surface area contributed by atoms with E-state index in [0.717, 1.165) is 6.07 Å². The summed E-state index contributed by atoms with van der Waals surface area (Å²) in [5.41, 5.74) is -3.13. The van der Waals surface area contributed by atoms with Crippen LogP contribution in [-0.2, 0) is 10.5 Å². The molecular formula is C8H5F3N2O3. The third-order valence-corrected chi connectivity index (χ3v) is 2.22. The largest absolute Gasteiger partial charge is 0.478 e. The van der Waals surface area contributed by atoms with Gasteiger partial charge in [-0.2, -0.15) is 5.43 Å². The van der Waals surface area contributed by atoms with Crippen molar-refractivity contribution < 1.29 is 28.3 Å². The Morgan fingerprint density at radius 1 is 1.44 bits per heavy atom. The van der Waals surface area contributed by atoms with Crippen molar-refractivity contribution in [2.45, 2.75) is 5.72 Å². The topological polar surface area (TPSA) is 72.8 Å². The van der Waals surface area contributed by atoms with E-state index in [2.05, 4.69) is 0 Å². The highest BCUT2D eigenvalue weighted by molar-refractivity contribution is 5.83. The molecule has 0 bridgehead atoms. The molecule has 1 unspecified atom stereocenters. The van der Waals surface area contributed by atoms with Crippen molar-refractivity contribution in [1.29, 1.82) is 0 Å². The number of hydrazine groups is 1. The highest BCUT2D eigenvalue weighted by atomic mass is 19.2. The molecule has 0 saturated heterocycles. The maximum absolute atomic E-state index is 13.3. The van der Waals surface area contributed by atoms with Crippen LogP contribution in [-0.4, -0.2) is 16.2 Å². The van der Waals surface area contributed by atoms with Crippen LogP contribution in [0.2, 0.25) is 0 Å². The number of fused-ring (bicyclic) bond motifs is 1. The van der Waals surface area contributed by atoms with E-state index < -0.39 is 34.6 Å². The van der Waals surface area contributed by atoms with Crippen LogP contribution in [0.25, 0.3) is 0 Å². The number of carboxylic acids is 1. The van der Waals surface area contributed by atoms with Gasteiger partial charge in [0.15, 0.2) is 11.6 Å². The molecule has 86 valence electrons. The van der Waals surface area contributed by atoms with Gasteiger partial charge in [0.25, 0.3) is 5.72 Å². The summed E-state index contributed by atoms with van der Waals surface area (Å²) >= 11 is 0. The standard InChI is InChI=1S/C8H5F3N2O3/c9-3-1-2-4-5(6(3)10)8(16,7(14)15)12-13(4)11/h1-2,12,16H,(H,14,15).